The third-order valence-corrected chi connectivity index (χ3v) is 4.73. The Labute approximate surface area is 96.7 Å². The maximum absolute atomic E-state index is 11.3. The zero-order chi connectivity index (χ0) is 11.5. The maximum atomic E-state index is 11.3. The molecule has 4 nitrogen and oxygen atoms in total. The molecule has 1 fully saturated rings. The van der Waals surface area contributed by atoms with Gasteiger partial charge in [0, 0.05) is 19.0 Å². The van der Waals surface area contributed by atoms with Gasteiger partial charge in [0.15, 0.2) is 9.84 Å². The summed E-state index contributed by atoms with van der Waals surface area (Å²) in [5.74, 6) is 0.611. The molecule has 15 heavy (non-hydrogen) atoms. The van der Waals surface area contributed by atoms with E-state index in [1.54, 1.807) is 0 Å². The molecule has 0 aromatic carbocycles. The Balaban J connectivity index is 2.49. The van der Waals surface area contributed by atoms with Crippen LogP contribution in [0, 0.1) is 0 Å². The second kappa shape index (κ2) is 5.23. The first-order valence-corrected chi connectivity index (χ1v) is 7.40. The van der Waals surface area contributed by atoms with Crippen LogP contribution in [0.3, 0.4) is 0 Å². The van der Waals surface area contributed by atoms with Crippen molar-refractivity contribution in [2.45, 2.75) is 25.8 Å². The molecule has 1 aliphatic rings. The number of nitrogens with zero attached hydrogens (tertiary/aromatic N) is 1. The van der Waals surface area contributed by atoms with E-state index in [4.69, 9.17) is 18.0 Å². The molecule has 1 heterocycles. The van der Waals surface area contributed by atoms with Gasteiger partial charge in [0.1, 0.15) is 0 Å². The Bertz CT molecular complexity index is 327. The minimum Gasteiger partial charge on any atom is -0.393 e. The van der Waals surface area contributed by atoms with E-state index in [-0.39, 0.29) is 11.8 Å². The van der Waals surface area contributed by atoms with Gasteiger partial charge in [0.2, 0.25) is 0 Å². The lowest BCUT2D eigenvalue weighted by atomic mass is 10.2. The average molecular weight is 250 g/mol. The molecule has 0 amide bonds. The predicted octanol–water partition coefficient (Wildman–Crippen LogP) is 0.172. The summed E-state index contributed by atoms with van der Waals surface area (Å²) < 4.78 is 22.6. The summed E-state index contributed by atoms with van der Waals surface area (Å²) in [7, 11) is -2.79. The molecular formula is C9H18N2O2S2. The first kappa shape index (κ1) is 12.9. The van der Waals surface area contributed by atoms with E-state index in [0.29, 0.717) is 17.2 Å². The monoisotopic (exact) mass is 250 g/mol. The average Bonchev–Trinajstić information content (AvgIpc) is 2.47. The summed E-state index contributed by atoms with van der Waals surface area (Å²) in [5, 5.41) is 0. The number of nitrogens with two attached hydrogens (primary N) is 1. The van der Waals surface area contributed by atoms with Gasteiger partial charge in [-0.2, -0.15) is 0 Å². The molecule has 0 saturated carbocycles. The first-order chi connectivity index (χ1) is 6.94. The first-order valence-electron chi connectivity index (χ1n) is 5.17. The highest BCUT2D eigenvalue weighted by Gasteiger charge is 2.31. The van der Waals surface area contributed by atoms with Gasteiger partial charge in [-0.3, -0.25) is 4.90 Å². The SMILES string of the molecule is CCN(CCC(N)=S)C1CCS(=O)(=O)C1. The van der Waals surface area contributed by atoms with Crippen molar-refractivity contribution in [2.24, 2.45) is 5.73 Å². The van der Waals surface area contributed by atoms with Gasteiger partial charge in [0.25, 0.3) is 0 Å². The standard InChI is InChI=1S/C9H18N2O2S2/c1-2-11(5-3-9(10)14)8-4-6-15(12,13)7-8/h8H,2-7H2,1H3,(H2,10,14). The van der Waals surface area contributed by atoms with Gasteiger partial charge in [-0.25, -0.2) is 8.42 Å². The van der Waals surface area contributed by atoms with Crippen molar-refractivity contribution in [3.05, 3.63) is 0 Å². The zero-order valence-corrected chi connectivity index (χ0v) is 10.6. The number of rotatable bonds is 5. The van der Waals surface area contributed by atoms with Crippen LogP contribution in [-0.4, -0.2) is 48.9 Å². The van der Waals surface area contributed by atoms with E-state index in [1.807, 2.05) is 6.92 Å². The molecule has 1 rings (SSSR count). The molecule has 0 aromatic rings. The fraction of sp³-hybridized carbons (Fsp3) is 0.889. The number of hydrogen-bond acceptors (Lipinski definition) is 4. The fourth-order valence-electron chi connectivity index (χ4n) is 1.92. The van der Waals surface area contributed by atoms with Crippen molar-refractivity contribution in [2.75, 3.05) is 24.6 Å². The molecule has 0 radical (unpaired) electrons. The summed E-state index contributed by atoms with van der Waals surface area (Å²) >= 11 is 4.81. The van der Waals surface area contributed by atoms with Crippen molar-refractivity contribution >= 4 is 27.0 Å². The van der Waals surface area contributed by atoms with Crippen molar-refractivity contribution in [1.29, 1.82) is 0 Å². The summed E-state index contributed by atoms with van der Waals surface area (Å²) in [6.07, 6.45) is 1.41. The topological polar surface area (TPSA) is 63.4 Å². The van der Waals surface area contributed by atoms with E-state index in [0.717, 1.165) is 19.5 Å². The molecule has 1 atom stereocenters. The second-order valence-electron chi connectivity index (χ2n) is 3.90. The third kappa shape index (κ3) is 4.04. The lowest BCUT2D eigenvalue weighted by Gasteiger charge is -2.26. The van der Waals surface area contributed by atoms with Gasteiger partial charge in [0.05, 0.1) is 16.5 Å². The minimum atomic E-state index is -2.79. The van der Waals surface area contributed by atoms with Crippen LogP contribution < -0.4 is 5.73 Å². The Morgan fingerprint density at radius 1 is 1.60 bits per heavy atom. The molecule has 88 valence electrons. The van der Waals surface area contributed by atoms with Gasteiger partial charge in [-0.05, 0) is 13.0 Å². The summed E-state index contributed by atoms with van der Waals surface area (Å²) in [4.78, 5) is 2.65. The van der Waals surface area contributed by atoms with Crippen LogP contribution in [0.1, 0.15) is 19.8 Å². The molecule has 0 bridgehead atoms. The molecule has 0 spiro atoms. The fourth-order valence-corrected chi connectivity index (χ4v) is 3.77. The van der Waals surface area contributed by atoms with E-state index < -0.39 is 9.84 Å². The lowest BCUT2D eigenvalue weighted by molar-refractivity contribution is 0.230. The van der Waals surface area contributed by atoms with Gasteiger partial charge in [-0.1, -0.05) is 19.1 Å². The summed E-state index contributed by atoms with van der Waals surface area (Å²) in [6.45, 7) is 3.65. The van der Waals surface area contributed by atoms with E-state index in [1.165, 1.54) is 0 Å². The summed E-state index contributed by atoms with van der Waals surface area (Å²) in [6, 6.07) is 0.161. The van der Waals surface area contributed by atoms with Gasteiger partial charge < -0.3 is 5.73 Å². The lowest BCUT2D eigenvalue weighted by Crippen LogP contribution is -2.38. The zero-order valence-electron chi connectivity index (χ0n) is 8.98. The Morgan fingerprint density at radius 3 is 2.67 bits per heavy atom. The number of thiocarbonyl (C=S) groups is 1. The number of hydrogen-bond donors (Lipinski definition) is 1. The van der Waals surface area contributed by atoms with Crippen molar-refractivity contribution in [3.63, 3.8) is 0 Å². The molecule has 0 aliphatic carbocycles. The van der Waals surface area contributed by atoms with Crippen molar-refractivity contribution in [3.8, 4) is 0 Å². The van der Waals surface area contributed by atoms with E-state index in [9.17, 15) is 8.42 Å². The summed E-state index contributed by atoms with van der Waals surface area (Å²) in [5.41, 5.74) is 5.43. The smallest absolute Gasteiger partial charge is 0.151 e. The highest BCUT2D eigenvalue weighted by Crippen LogP contribution is 2.17. The quantitative estimate of drug-likeness (QED) is 0.705. The Morgan fingerprint density at radius 2 is 2.27 bits per heavy atom. The van der Waals surface area contributed by atoms with Crippen molar-refractivity contribution < 1.29 is 8.42 Å². The Kier molecular flexibility index (Phi) is 4.48. The Hall–Kier alpha value is -0.200. The maximum Gasteiger partial charge on any atom is 0.151 e. The van der Waals surface area contributed by atoms with Crippen LogP contribution in [0.5, 0.6) is 0 Å². The van der Waals surface area contributed by atoms with Crippen LogP contribution in [-0.2, 0) is 9.84 Å². The van der Waals surface area contributed by atoms with Crippen LogP contribution in [0.25, 0.3) is 0 Å². The normalized spacial score (nSPS) is 24.5. The predicted molar refractivity (Wildman–Crippen MR) is 65.7 cm³/mol. The molecule has 1 unspecified atom stereocenters. The highest BCUT2D eigenvalue weighted by atomic mass is 32.2. The van der Waals surface area contributed by atoms with Crippen LogP contribution in [0.15, 0.2) is 0 Å². The van der Waals surface area contributed by atoms with Gasteiger partial charge in [-0.15, -0.1) is 0 Å². The van der Waals surface area contributed by atoms with Crippen molar-refractivity contribution in [1.82, 2.24) is 4.90 Å². The molecule has 6 heteroatoms. The van der Waals surface area contributed by atoms with Crippen LogP contribution in [0.2, 0.25) is 0 Å². The molecule has 2 N–H and O–H groups in total. The van der Waals surface area contributed by atoms with Crippen LogP contribution in [0.4, 0.5) is 0 Å². The van der Waals surface area contributed by atoms with E-state index in [2.05, 4.69) is 4.90 Å². The minimum absolute atomic E-state index is 0.161. The second-order valence-corrected chi connectivity index (χ2v) is 6.65. The van der Waals surface area contributed by atoms with Gasteiger partial charge >= 0.3 is 0 Å². The third-order valence-electron chi connectivity index (χ3n) is 2.78. The largest absolute Gasteiger partial charge is 0.393 e. The molecule has 1 aliphatic heterocycles. The van der Waals surface area contributed by atoms with Crippen LogP contribution >= 0.6 is 12.2 Å². The number of sulfone groups is 1. The molecule has 0 aromatic heterocycles. The molecular weight excluding hydrogens is 232 g/mol. The highest BCUT2D eigenvalue weighted by molar-refractivity contribution is 7.91. The molecule has 1 saturated heterocycles. The van der Waals surface area contributed by atoms with E-state index >= 15 is 0 Å².